The Bertz CT molecular complexity index is 422. The van der Waals surface area contributed by atoms with Crippen molar-refractivity contribution in [1.82, 2.24) is 4.90 Å². The van der Waals surface area contributed by atoms with Gasteiger partial charge in [-0.1, -0.05) is 25.1 Å². The predicted molar refractivity (Wildman–Crippen MR) is 67.0 cm³/mol. The van der Waals surface area contributed by atoms with Gasteiger partial charge in [-0.05, 0) is 18.2 Å². The monoisotopic (exact) mass is 251 g/mol. The summed E-state index contributed by atoms with van der Waals surface area (Å²) in [7, 11) is 0. The Kier molecular flexibility index (Phi) is 4.44. The maximum absolute atomic E-state index is 13.5. The first-order valence-corrected chi connectivity index (χ1v) is 6.30. The number of Topliss-reactive ketones (excluding diaryl/α,β-unsaturated/α-hetero) is 1. The molecule has 1 heterocycles. The van der Waals surface area contributed by atoms with E-state index in [2.05, 4.69) is 11.8 Å². The molecule has 98 valence electrons. The van der Waals surface area contributed by atoms with Gasteiger partial charge in [0.05, 0.1) is 6.61 Å². The van der Waals surface area contributed by atoms with Crippen LogP contribution in [-0.2, 0) is 16.0 Å². The second kappa shape index (κ2) is 6.07. The molecular formula is C14H18FNO2. The number of likely N-dealkylation sites (N-methyl/N-ethyl adjacent to an activating group) is 1. The number of ether oxygens (including phenoxy) is 1. The average Bonchev–Trinajstić information content (AvgIpc) is 2.41. The molecule has 1 aromatic carbocycles. The Balaban J connectivity index is 1.97. The zero-order valence-electron chi connectivity index (χ0n) is 10.6. The highest BCUT2D eigenvalue weighted by Gasteiger charge is 2.26. The molecule has 0 saturated carbocycles. The Morgan fingerprint density at radius 2 is 2.28 bits per heavy atom. The molecule has 1 aromatic rings. The predicted octanol–water partition coefficient (Wildman–Crippen LogP) is 1.66. The van der Waals surface area contributed by atoms with Crippen molar-refractivity contribution in [2.45, 2.75) is 19.4 Å². The average molecular weight is 251 g/mol. The Morgan fingerprint density at radius 1 is 1.50 bits per heavy atom. The van der Waals surface area contributed by atoms with E-state index in [1.54, 1.807) is 18.2 Å². The molecule has 0 N–H and O–H groups in total. The van der Waals surface area contributed by atoms with Gasteiger partial charge in [0.2, 0.25) is 0 Å². The van der Waals surface area contributed by atoms with Gasteiger partial charge < -0.3 is 4.74 Å². The molecule has 0 aliphatic carbocycles. The maximum Gasteiger partial charge on any atom is 0.167 e. The molecule has 1 fully saturated rings. The molecule has 0 bridgehead atoms. The Labute approximate surface area is 107 Å². The molecule has 1 atom stereocenters. The lowest BCUT2D eigenvalue weighted by Gasteiger charge is -2.31. The SMILES string of the molecule is CCN1CCOC(C(=O)Cc2ccccc2F)C1. The lowest BCUT2D eigenvalue weighted by Crippen LogP contribution is -2.46. The molecule has 4 heteroatoms. The molecule has 1 aliphatic heterocycles. The number of hydrogen-bond acceptors (Lipinski definition) is 3. The smallest absolute Gasteiger partial charge is 0.167 e. The van der Waals surface area contributed by atoms with Gasteiger partial charge in [-0.25, -0.2) is 4.39 Å². The summed E-state index contributed by atoms with van der Waals surface area (Å²) >= 11 is 0. The van der Waals surface area contributed by atoms with E-state index < -0.39 is 6.10 Å². The van der Waals surface area contributed by atoms with E-state index in [0.29, 0.717) is 18.7 Å². The van der Waals surface area contributed by atoms with Crippen molar-refractivity contribution in [2.75, 3.05) is 26.2 Å². The van der Waals surface area contributed by atoms with E-state index in [1.165, 1.54) is 6.07 Å². The molecule has 1 aliphatic rings. The number of halogens is 1. The molecule has 1 saturated heterocycles. The van der Waals surface area contributed by atoms with Gasteiger partial charge in [-0.2, -0.15) is 0 Å². The molecule has 18 heavy (non-hydrogen) atoms. The van der Waals surface area contributed by atoms with Crippen molar-refractivity contribution in [3.63, 3.8) is 0 Å². The fraction of sp³-hybridized carbons (Fsp3) is 0.500. The zero-order chi connectivity index (χ0) is 13.0. The summed E-state index contributed by atoms with van der Waals surface area (Å²) in [6.45, 7) is 5.02. The van der Waals surface area contributed by atoms with Crippen LogP contribution < -0.4 is 0 Å². The van der Waals surface area contributed by atoms with Crippen LogP contribution in [-0.4, -0.2) is 43.0 Å². The van der Waals surface area contributed by atoms with Gasteiger partial charge in [-0.15, -0.1) is 0 Å². The molecule has 0 spiro atoms. The second-order valence-electron chi connectivity index (χ2n) is 4.49. The number of morpholine rings is 1. The third-order valence-corrected chi connectivity index (χ3v) is 3.28. The van der Waals surface area contributed by atoms with Crippen molar-refractivity contribution in [3.05, 3.63) is 35.6 Å². The number of ketones is 1. The van der Waals surface area contributed by atoms with Crippen LogP contribution >= 0.6 is 0 Å². The van der Waals surface area contributed by atoms with Crippen LogP contribution in [0.4, 0.5) is 4.39 Å². The van der Waals surface area contributed by atoms with E-state index in [9.17, 15) is 9.18 Å². The molecule has 0 aromatic heterocycles. The first-order valence-electron chi connectivity index (χ1n) is 6.30. The van der Waals surface area contributed by atoms with Crippen LogP contribution in [0.2, 0.25) is 0 Å². The normalized spacial score (nSPS) is 20.9. The highest BCUT2D eigenvalue weighted by atomic mass is 19.1. The highest BCUT2D eigenvalue weighted by Crippen LogP contribution is 2.12. The first kappa shape index (κ1) is 13.2. The van der Waals surface area contributed by atoms with Crippen LogP contribution in [0.5, 0.6) is 0 Å². The summed E-state index contributed by atoms with van der Waals surface area (Å²) in [6, 6.07) is 6.39. The lowest BCUT2D eigenvalue weighted by molar-refractivity contribution is -0.135. The van der Waals surface area contributed by atoms with Gasteiger partial charge >= 0.3 is 0 Å². The van der Waals surface area contributed by atoms with Gasteiger partial charge in [-0.3, -0.25) is 9.69 Å². The molecular weight excluding hydrogens is 233 g/mol. The lowest BCUT2D eigenvalue weighted by atomic mass is 10.0. The summed E-state index contributed by atoms with van der Waals surface area (Å²) in [5.74, 6) is -0.368. The quantitative estimate of drug-likeness (QED) is 0.815. The number of nitrogens with zero attached hydrogens (tertiary/aromatic N) is 1. The standard InChI is InChI=1S/C14H18FNO2/c1-2-16-7-8-18-14(10-16)13(17)9-11-5-3-4-6-12(11)15/h3-6,14H,2,7-10H2,1H3. The summed E-state index contributed by atoms with van der Waals surface area (Å²) in [5.41, 5.74) is 0.444. The molecule has 0 radical (unpaired) electrons. The number of rotatable bonds is 4. The summed E-state index contributed by atoms with van der Waals surface area (Å²) in [5, 5.41) is 0. The van der Waals surface area contributed by atoms with Crippen LogP contribution in [0.1, 0.15) is 12.5 Å². The minimum Gasteiger partial charge on any atom is -0.368 e. The van der Waals surface area contributed by atoms with Crippen molar-refractivity contribution >= 4 is 5.78 Å². The van der Waals surface area contributed by atoms with Crippen LogP contribution in [0, 0.1) is 5.82 Å². The topological polar surface area (TPSA) is 29.5 Å². The maximum atomic E-state index is 13.5. The minimum atomic E-state index is -0.418. The molecule has 0 amide bonds. The summed E-state index contributed by atoms with van der Waals surface area (Å²) in [4.78, 5) is 14.2. The van der Waals surface area contributed by atoms with Crippen molar-refractivity contribution in [3.8, 4) is 0 Å². The number of carbonyl (C=O) groups is 1. The molecule has 2 rings (SSSR count). The summed E-state index contributed by atoms with van der Waals surface area (Å²) in [6.07, 6.45) is -0.312. The van der Waals surface area contributed by atoms with Crippen LogP contribution in [0.25, 0.3) is 0 Å². The van der Waals surface area contributed by atoms with Crippen molar-refractivity contribution in [2.24, 2.45) is 0 Å². The van der Waals surface area contributed by atoms with Crippen molar-refractivity contribution < 1.29 is 13.9 Å². The first-order chi connectivity index (χ1) is 8.70. The van der Waals surface area contributed by atoms with Crippen molar-refractivity contribution in [1.29, 1.82) is 0 Å². The number of benzene rings is 1. The number of hydrogen-bond donors (Lipinski definition) is 0. The third-order valence-electron chi connectivity index (χ3n) is 3.28. The molecule has 3 nitrogen and oxygen atoms in total. The van der Waals surface area contributed by atoms with Crippen LogP contribution in [0.3, 0.4) is 0 Å². The molecule has 1 unspecified atom stereocenters. The van der Waals surface area contributed by atoms with E-state index in [0.717, 1.165) is 13.1 Å². The largest absolute Gasteiger partial charge is 0.368 e. The summed E-state index contributed by atoms with van der Waals surface area (Å²) < 4.78 is 18.9. The number of carbonyl (C=O) groups excluding carboxylic acids is 1. The second-order valence-corrected chi connectivity index (χ2v) is 4.49. The van der Waals surface area contributed by atoms with Gasteiger partial charge in [0.15, 0.2) is 5.78 Å². The van der Waals surface area contributed by atoms with E-state index in [4.69, 9.17) is 4.74 Å². The van der Waals surface area contributed by atoms with E-state index in [-0.39, 0.29) is 18.0 Å². The fourth-order valence-electron chi connectivity index (χ4n) is 2.13. The minimum absolute atomic E-state index is 0.0433. The highest BCUT2D eigenvalue weighted by molar-refractivity contribution is 5.85. The fourth-order valence-corrected chi connectivity index (χ4v) is 2.13. The van der Waals surface area contributed by atoms with E-state index in [1.807, 2.05) is 0 Å². The van der Waals surface area contributed by atoms with E-state index >= 15 is 0 Å². The third kappa shape index (κ3) is 3.15. The van der Waals surface area contributed by atoms with Gasteiger partial charge in [0.1, 0.15) is 11.9 Å². The van der Waals surface area contributed by atoms with Gasteiger partial charge in [0.25, 0.3) is 0 Å². The zero-order valence-corrected chi connectivity index (χ0v) is 10.6. The van der Waals surface area contributed by atoms with Gasteiger partial charge in [0, 0.05) is 19.5 Å². The Morgan fingerprint density at radius 3 is 3.00 bits per heavy atom. The van der Waals surface area contributed by atoms with Crippen LogP contribution in [0.15, 0.2) is 24.3 Å². The Hall–Kier alpha value is -1.26.